The van der Waals surface area contributed by atoms with Crippen LogP contribution in [0.1, 0.15) is 60.3 Å². The third kappa shape index (κ3) is 3.76. The molecule has 0 aromatic carbocycles. The van der Waals surface area contributed by atoms with Crippen LogP contribution in [0.3, 0.4) is 0 Å². The summed E-state index contributed by atoms with van der Waals surface area (Å²) in [6.07, 6.45) is 2.57. The van der Waals surface area contributed by atoms with E-state index < -0.39 is 11.3 Å². The number of ketones is 1. The third-order valence-corrected chi connectivity index (χ3v) is 4.24. The number of nitrogens with zero attached hydrogens (tertiary/aromatic N) is 1. The van der Waals surface area contributed by atoms with Crippen LogP contribution in [0, 0.1) is 5.92 Å². The van der Waals surface area contributed by atoms with Crippen molar-refractivity contribution in [3.63, 3.8) is 0 Å². The van der Waals surface area contributed by atoms with Gasteiger partial charge in [0.25, 0.3) is 0 Å². The number of hydrogen-bond donors (Lipinski definition) is 0. The van der Waals surface area contributed by atoms with E-state index in [-0.39, 0.29) is 12.1 Å². The molecule has 0 N–H and O–H groups in total. The second kappa shape index (κ2) is 5.59. The van der Waals surface area contributed by atoms with Gasteiger partial charge < -0.3 is 9.47 Å². The van der Waals surface area contributed by atoms with Gasteiger partial charge in [-0.1, -0.05) is 0 Å². The number of Topliss-reactive ketones (excluding diaryl/α,β-unsaturated/α-hetero) is 1. The first-order valence-electron chi connectivity index (χ1n) is 7.78. The molecule has 0 unspecified atom stereocenters. The maximum Gasteiger partial charge on any atom is 0.412 e. The molecule has 1 atom stereocenters. The number of ether oxygens (including phenoxy) is 2. The van der Waals surface area contributed by atoms with Crippen molar-refractivity contribution >= 4 is 11.9 Å². The molecule has 0 aromatic heterocycles. The van der Waals surface area contributed by atoms with E-state index in [1.54, 1.807) is 4.90 Å². The number of carbonyl (C=O) groups excluding carboxylic acids is 2. The Hall–Kier alpha value is -1.10. The lowest BCUT2D eigenvalue weighted by Gasteiger charge is -2.38. The molecular formula is C16H27NO4. The molecule has 0 bridgehead atoms. The van der Waals surface area contributed by atoms with Gasteiger partial charge in [-0.15, -0.1) is 0 Å². The van der Waals surface area contributed by atoms with E-state index in [9.17, 15) is 9.59 Å². The average Bonchev–Trinajstić information content (AvgIpc) is 2.64. The van der Waals surface area contributed by atoms with Crippen LogP contribution in [0.4, 0.5) is 4.79 Å². The highest BCUT2D eigenvalue weighted by atomic mass is 16.6. The minimum absolute atomic E-state index is 0.00273. The van der Waals surface area contributed by atoms with Gasteiger partial charge in [-0.25, -0.2) is 4.79 Å². The van der Waals surface area contributed by atoms with Crippen molar-refractivity contribution < 1.29 is 19.1 Å². The SMILES string of the molecule is CC(C)(C)OC(=O)N1[C@@H](C2CCC(=O)CC2)COC1(C)C. The maximum absolute atomic E-state index is 12.6. The number of amides is 1. The Labute approximate surface area is 127 Å². The summed E-state index contributed by atoms with van der Waals surface area (Å²) in [5.41, 5.74) is -1.18. The molecule has 1 saturated heterocycles. The molecule has 2 aliphatic rings. The van der Waals surface area contributed by atoms with Gasteiger partial charge in [-0.3, -0.25) is 9.69 Å². The van der Waals surface area contributed by atoms with Crippen LogP contribution < -0.4 is 0 Å². The van der Waals surface area contributed by atoms with Crippen molar-refractivity contribution in [2.45, 2.75) is 77.7 Å². The lowest BCUT2D eigenvalue weighted by atomic mass is 9.83. The predicted octanol–water partition coefficient (Wildman–Crippen LogP) is 3.12. The molecule has 5 nitrogen and oxygen atoms in total. The van der Waals surface area contributed by atoms with E-state index in [0.29, 0.717) is 31.1 Å². The zero-order valence-corrected chi connectivity index (χ0v) is 13.8. The first kappa shape index (κ1) is 16.3. The fourth-order valence-corrected chi connectivity index (χ4v) is 3.19. The monoisotopic (exact) mass is 297 g/mol. The molecule has 21 heavy (non-hydrogen) atoms. The molecule has 1 aliphatic carbocycles. The number of hydrogen-bond acceptors (Lipinski definition) is 4. The first-order chi connectivity index (χ1) is 9.60. The fourth-order valence-electron chi connectivity index (χ4n) is 3.19. The van der Waals surface area contributed by atoms with Gasteiger partial charge in [0.15, 0.2) is 0 Å². The lowest BCUT2D eigenvalue weighted by molar-refractivity contribution is -0.121. The van der Waals surface area contributed by atoms with Crippen LogP contribution in [-0.4, -0.2) is 40.8 Å². The third-order valence-electron chi connectivity index (χ3n) is 4.24. The standard InChI is InChI=1S/C16H27NO4/c1-15(2,3)21-14(19)17-13(10-20-16(17,4)5)11-6-8-12(18)9-7-11/h11,13H,6-10H2,1-5H3/t13-/m1/s1. The second-order valence-corrected chi connectivity index (χ2v) is 7.55. The lowest BCUT2D eigenvalue weighted by Crippen LogP contribution is -2.52. The molecule has 0 radical (unpaired) electrons. The Morgan fingerprint density at radius 2 is 1.86 bits per heavy atom. The molecule has 1 heterocycles. The number of carbonyl (C=O) groups is 2. The van der Waals surface area contributed by atoms with Gasteiger partial charge in [0, 0.05) is 12.8 Å². The largest absolute Gasteiger partial charge is 0.444 e. The predicted molar refractivity (Wildman–Crippen MR) is 78.9 cm³/mol. The molecule has 120 valence electrons. The van der Waals surface area contributed by atoms with Gasteiger partial charge in [-0.2, -0.15) is 0 Å². The van der Waals surface area contributed by atoms with E-state index in [2.05, 4.69) is 0 Å². The molecule has 2 rings (SSSR count). The fraction of sp³-hybridized carbons (Fsp3) is 0.875. The topological polar surface area (TPSA) is 55.8 Å². The molecule has 1 amide bonds. The van der Waals surface area contributed by atoms with Gasteiger partial charge in [-0.05, 0) is 53.4 Å². The number of rotatable bonds is 1. The van der Waals surface area contributed by atoms with E-state index in [1.165, 1.54) is 0 Å². The summed E-state index contributed by atoms with van der Waals surface area (Å²) in [6.45, 7) is 9.90. The minimum atomic E-state index is -0.658. The molecule has 2 fully saturated rings. The minimum Gasteiger partial charge on any atom is -0.444 e. The van der Waals surface area contributed by atoms with Crippen LogP contribution in [0.15, 0.2) is 0 Å². The average molecular weight is 297 g/mol. The van der Waals surface area contributed by atoms with E-state index >= 15 is 0 Å². The van der Waals surface area contributed by atoms with Crippen LogP contribution in [0.2, 0.25) is 0 Å². The normalized spacial score (nSPS) is 27.0. The van der Waals surface area contributed by atoms with Crippen molar-refractivity contribution in [1.29, 1.82) is 0 Å². The Bertz CT molecular complexity index is 414. The zero-order valence-electron chi connectivity index (χ0n) is 13.8. The molecule has 0 aromatic rings. The first-order valence-corrected chi connectivity index (χ1v) is 7.78. The summed E-state index contributed by atoms with van der Waals surface area (Å²) in [4.78, 5) is 25.7. The van der Waals surface area contributed by atoms with Crippen molar-refractivity contribution in [3.05, 3.63) is 0 Å². The van der Waals surface area contributed by atoms with Crippen LogP contribution >= 0.6 is 0 Å². The van der Waals surface area contributed by atoms with Crippen molar-refractivity contribution in [1.82, 2.24) is 4.90 Å². The summed E-state index contributed by atoms with van der Waals surface area (Å²) >= 11 is 0. The highest BCUT2D eigenvalue weighted by Gasteiger charge is 2.48. The Kier molecular flexibility index (Phi) is 4.34. The smallest absolute Gasteiger partial charge is 0.412 e. The highest BCUT2D eigenvalue weighted by molar-refractivity contribution is 5.79. The van der Waals surface area contributed by atoms with E-state index in [4.69, 9.17) is 9.47 Å². The second-order valence-electron chi connectivity index (χ2n) is 7.55. The molecule has 5 heteroatoms. The highest BCUT2D eigenvalue weighted by Crippen LogP contribution is 2.37. The summed E-state index contributed by atoms with van der Waals surface area (Å²) in [5.74, 6) is 0.644. The molecule has 1 saturated carbocycles. The summed E-state index contributed by atoms with van der Waals surface area (Å²) in [6, 6.07) is 0.00273. The van der Waals surface area contributed by atoms with Crippen LogP contribution in [-0.2, 0) is 14.3 Å². The van der Waals surface area contributed by atoms with Crippen molar-refractivity contribution in [3.8, 4) is 0 Å². The van der Waals surface area contributed by atoms with E-state index in [0.717, 1.165) is 12.8 Å². The molecule has 1 aliphatic heterocycles. The van der Waals surface area contributed by atoms with Crippen molar-refractivity contribution in [2.75, 3.05) is 6.61 Å². The van der Waals surface area contributed by atoms with Crippen molar-refractivity contribution in [2.24, 2.45) is 5.92 Å². The van der Waals surface area contributed by atoms with Gasteiger partial charge in [0.2, 0.25) is 0 Å². The molecule has 0 spiro atoms. The summed E-state index contributed by atoms with van der Waals surface area (Å²) in [5, 5.41) is 0. The van der Waals surface area contributed by atoms with Gasteiger partial charge in [0.1, 0.15) is 17.1 Å². The Morgan fingerprint density at radius 1 is 1.29 bits per heavy atom. The van der Waals surface area contributed by atoms with Gasteiger partial charge in [0.05, 0.1) is 12.6 Å². The summed E-state index contributed by atoms with van der Waals surface area (Å²) in [7, 11) is 0. The van der Waals surface area contributed by atoms with E-state index in [1.807, 2.05) is 34.6 Å². The maximum atomic E-state index is 12.6. The Morgan fingerprint density at radius 3 is 2.38 bits per heavy atom. The molecular weight excluding hydrogens is 270 g/mol. The van der Waals surface area contributed by atoms with Crippen LogP contribution in [0.25, 0.3) is 0 Å². The van der Waals surface area contributed by atoms with Crippen LogP contribution in [0.5, 0.6) is 0 Å². The van der Waals surface area contributed by atoms with Gasteiger partial charge >= 0.3 is 6.09 Å². The Balaban J connectivity index is 2.13. The summed E-state index contributed by atoms with van der Waals surface area (Å²) < 4.78 is 11.4. The zero-order chi connectivity index (χ0) is 15.8. The quantitative estimate of drug-likeness (QED) is 0.746.